The Kier molecular flexibility index (Phi) is 5.99. The zero-order valence-electron chi connectivity index (χ0n) is 11.8. The van der Waals surface area contributed by atoms with Crippen molar-refractivity contribution in [3.63, 3.8) is 0 Å². The van der Waals surface area contributed by atoms with Crippen LogP contribution in [0.25, 0.3) is 0 Å². The van der Waals surface area contributed by atoms with Gasteiger partial charge in [0.15, 0.2) is 0 Å². The summed E-state index contributed by atoms with van der Waals surface area (Å²) >= 11 is 0. The summed E-state index contributed by atoms with van der Waals surface area (Å²) in [7, 11) is 0. The molecule has 0 aromatic heterocycles. The lowest BCUT2D eigenvalue weighted by molar-refractivity contribution is -0.140. The fourth-order valence-electron chi connectivity index (χ4n) is 2.34. The molecule has 0 heterocycles. The third-order valence-electron chi connectivity index (χ3n) is 3.64. The number of hydrogen-bond acceptors (Lipinski definition) is 1. The van der Waals surface area contributed by atoms with Crippen molar-refractivity contribution < 1.29 is 17.6 Å². The molecule has 0 saturated carbocycles. The van der Waals surface area contributed by atoms with Crippen LogP contribution in [0.3, 0.4) is 0 Å². The summed E-state index contributed by atoms with van der Waals surface area (Å²) in [6.45, 7) is 4.02. The van der Waals surface area contributed by atoms with Crippen LogP contribution in [0.5, 0.6) is 0 Å². The van der Waals surface area contributed by atoms with Gasteiger partial charge in [0.05, 0.1) is 5.56 Å². The normalized spacial score (nSPS) is 15.2. The van der Waals surface area contributed by atoms with Gasteiger partial charge in [0.2, 0.25) is 0 Å². The molecule has 0 amide bonds. The lowest BCUT2D eigenvalue weighted by Crippen LogP contribution is -2.22. The molecule has 0 aliphatic carbocycles. The average molecular weight is 291 g/mol. The second-order valence-electron chi connectivity index (χ2n) is 5.07. The third kappa shape index (κ3) is 4.20. The lowest BCUT2D eigenvalue weighted by atomic mass is 9.87. The van der Waals surface area contributed by atoms with Crippen molar-refractivity contribution in [2.45, 2.75) is 51.7 Å². The third-order valence-corrected chi connectivity index (χ3v) is 3.64. The average Bonchev–Trinajstić information content (AvgIpc) is 2.38. The van der Waals surface area contributed by atoms with E-state index in [9.17, 15) is 17.6 Å². The van der Waals surface area contributed by atoms with Crippen molar-refractivity contribution in [2.75, 3.05) is 0 Å². The van der Waals surface area contributed by atoms with Gasteiger partial charge in [-0.2, -0.15) is 13.2 Å². The molecule has 2 N–H and O–H groups in total. The highest BCUT2D eigenvalue weighted by molar-refractivity contribution is 5.29. The van der Waals surface area contributed by atoms with Gasteiger partial charge in [0.25, 0.3) is 0 Å². The monoisotopic (exact) mass is 291 g/mol. The summed E-state index contributed by atoms with van der Waals surface area (Å²) in [6, 6.07) is 2.55. The molecule has 114 valence electrons. The van der Waals surface area contributed by atoms with Gasteiger partial charge in [-0.25, -0.2) is 4.39 Å². The molecule has 0 saturated heterocycles. The Morgan fingerprint density at radius 1 is 1.20 bits per heavy atom. The van der Waals surface area contributed by atoms with Gasteiger partial charge in [-0.3, -0.25) is 0 Å². The Hall–Kier alpha value is -1.10. The first kappa shape index (κ1) is 17.0. The molecule has 0 bridgehead atoms. The van der Waals surface area contributed by atoms with E-state index in [2.05, 4.69) is 6.92 Å². The molecule has 20 heavy (non-hydrogen) atoms. The van der Waals surface area contributed by atoms with E-state index in [-0.39, 0.29) is 5.92 Å². The first-order valence-corrected chi connectivity index (χ1v) is 6.93. The lowest BCUT2D eigenvalue weighted by Gasteiger charge is -2.23. The summed E-state index contributed by atoms with van der Waals surface area (Å²) < 4.78 is 51.3. The van der Waals surface area contributed by atoms with Crippen molar-refractivity contribution in [3.05, 3.63) is 35.1 Å². The van der Waals surface area contributed by atoms with Crippen molar-refractivity contribution in [1.82, 2.24) is 0 Å². The predicted octanol–water partition coefficient (Wildman–Crippen LogP) is 5.06. The van der Waals surface area contributed by atoms with Crippen LogP contribution in [0.4, 0.5) is 17.6 Å². The summed E-state index contributed by atoms with van der Waals surface area (Å²) in [5.74, 6) is -1.14. The molecule has 2 atom stereocenters. The Bertz CT molecular complexity index is 428. The second kappa shape index (κ2) is 7.07. The second-order valence-corrected chi connectivity index (χ2v) is 5.07. The van der Waals surface area contributed by atoms with Crippen LogP contribution in [-0.2, 0) is 6.18 Å². The maximum Gasteiger partial charge on any atom is 0.419 e. The molecular formula is C15H21F4N. The van der Waals surface area contributed by atoms with Gasteiger partial charge in [-0.05, 0) is 30.0 Å². The minimum Gasteiger partial charge on any atom is -0.324 e. The van der Waals surface area contributed by atoms with Crippen LogP contribution in [-0.4, -0.2) is 0 Å². The predicted molar refractivity (Wildman–Crippen MR) is 71.6 cm³/mol. The largest absolute Gasteiger partial charge is 0.419 e. The fraction of sp³-hybridized carbons (Fsp3) is 0.600. The molecule has 1 rings (SSSR count). The van der Waals surface area contributed by atoms with Crippen LogP contribution in [0.2, 0.25) is 0 Å². The van der Waals surface area contributed by atoms with Crippen LogP contribution in [0.1, 0.15) is 56.7 Å². The number of hydrogen-bond donors (Lipinski definition) is 1. The molecule has 5 heteroatoms. The Labute approximate surface area is 117 Å². The molecule has 1 aromatic carbocycles. The first-order valence-electron chi connectivity index (χ1n) is 6.93. The van der Waals surface area contributed by atoms with E-state index in [0.717, 1.165) is 37.8 Å². The molecule has 0 aliphatic rings. The summed E-state index contributed by atoms with van der Waals surface area (Å²) in [4.78, 5) is 0. The number of unbranched alkanes of at least 4 members (excludes halogenated alkanes) is 1. The molecule has 1 aromatic rings. The molecule has 2 unspecified atom stereocenters. The topological polar surface area (TPSA) is 26.0 Å². The highest BCUT2D eigenvalue weighted by Crippen LogP contribution is 2.34. The minimum absolute atomic E-state index is 0.112. The van der Waals surface area contributed by atoms with E-state index in [1.54, 1.807) is 0 Å². The molecular weight excluding hydrogens is 270 g/mol. The van der Waals surface area contributed by atoms with E-state index < -0.39 is 23.6 Å². The number of halogens is 4. The highest BCUT2D eigenvalue weighted by atomic mass is 19.4. The van der Waals surface area contributed by atoms with Crippen molar-refractivity contribution in [2.24, 2.45) is 11.7 Å². The van der Waals surface area contributed by atoms with Gasteiger partial charge in [-0.15, -0.1) is 0 Å². The van der Waals surface area contributed by atoms with Gasteiger partial charge in [-0.1, -0.05) is 39.2 Å². The maximum atomic E-state index is 13.3. The van der Waals surface area contributed by atoms with Crippen LogP contribution < -0.4 is 5.73 Å². The van der Waals surface area contributed by atoms with E-state index in [1.165, 1.54) is 6.07 Å². The number of rotatable bonds is 6. The molecule has 0 radical (unpaired) electrons. The van der Waals surface area contributed by atoms with Gasteiger partial charge in [0.1, 0.15) is 5.82 Å². The number of nitrogens with two attached hydrogens (primary N) is 1. The standard InChI is InChI=1S/C15H21F4N/c1-3-5-6-10(4-2)14(20)11-7-8-13(16)12(9-11)15(17,18)19/h7-10,14H,3-6,20H2,1-2H3. The maximum absolute atomic E-state index is 13.3. The van der Waals surface area contributed by atoms with Gasteiger partial charge >= 0.3 is 6.18 Å². The van der Waals surface area contributed by atoms with E-state index in [4.69, 9.17) is 5.73 Å². The van der Waals surface area contributed by atoms with Gasteiger partial charge in [0, 0.05) is 6.04 Å². The minimum atomic E-state index is -4.69. The highest BCUT2D eigenvalue weighted by Gasteiger charge is 2.34. The summed E-state index contributed by atoms with van der Waals surface area (Å²) in [5, 5.41) is 0. The van der Waals surface area contributed by atoms with E-state index in [1.807, 2.05) is 6.92 Å². The smallest absolute Gasteiger partial charge is 0.324 e. The van der Waals surface area contributed by atoms with Crippen molar-refractivity contribution in [1.29, 1.82) is 0 Å². The Morgan fingerprint density at radius 3 is 2.35 bits per heavy atom. The summed E-state index contributed by atoms with van der Waals surface area (Å²) in [6.07, 6.45) is -1.03. The van der Waals surface area contributed by atoms with E-state index in [0.29, 0.717) is 5.56 Å². The molecule has 0 spiro atoms. The zero-order valence-corrected chi connectivity index (χ0v) is 11.8. The van der Waals surface area contributed by atoms with Crippen LogP contribution in [0.15, 0.2) is 18.2 Å². The number of alkyl halides is 3. The van der Waals surface area contributed by atoms with Gasteiger partial charge < -0.3 is 5.73 Å². The SMILES string of the molecule is CCCCC(CC)C(N)c1ccc(F)c(C(F)(F)F)c1. The summed E-state index contributed by atoms with van der Waals surface area (Å²) in [5.41, 5.74) is 5.17. The fourth-order valence-corrected chi connectivity index (χ4v) is 2.34. The zero-order chi connectivity index (χ0) is 15.3. The number of benzene rings is 1. The quantitative estimate of drug-likeness (QED) is 0.728. The Morgan fingerprint density at radius 2 is 1.85 bits per heavy atom. The Balaban J connectivity index is 3.01. The van der Waals surface area contributed by atoms with Crippen molar-refractivity contribution in [3.8, 4) is 0 Å². The van der Waals surface area contributed by atoms with Crippen molar-refractivity contribution >= 4 is 0 Å². The van der Waals surface area contributed by atoms with E-state index >= 15 is 0 Å². The first-order chi connectivity index (χ1) is 9.31. The molecule has 0 fully saturated rings. The van der Waals surface area contributed by atoms with Crippen LogP contribution >= 0.6 is 0 Å². The molecule has 1 nitrogen and oxygen atoms in total. The molecule has 0 aliphatic heterocycles. The van der Waals surface area contributed by atoms with Crippen LogP contribution in [0, 0.1) is 11.7 Å².